The number of hydrogen-bond acceptors (Lipinski definition) is 5. The van der Waals surface area contributed by atoms with Crippen molar-refractivity contribution in [2.24, 2.45) is 11.0 Å². The van der Waals surface area contributed by atoms with Crippen LogP contribution < -0.4 is 9.47 Å². The molecule has 0 aliphatic carbocycles. The summed E-state index contributed by atoms with van der Waals surface area (Å²) in [6.07, 6.45) is 2.74. The molecule has 2 aromatic rings. The first-order valence-corrected chi connectivity index (χ1v) is 10.8. The monoisotopic (exact) mass is 423 g/mol. The molecule has 3 aliphatic heterocycles. The highest BCUT2D eigenvalue weighted by Gasteiger charge is 2.35. The Labute approximate surface area is 181 Å². The molecule has 1 saturated heterocycles. The number of rotatable bonds is 4. The van der Waals surface area contributed by atoms with Crippen LogP contribution in [-0.2, 0) is 4.79 Å². The number of ether oxygens (including phenoxy) is 2. The Morgan fingerprint density at radius 3 is 2.74 bits per heavy atom. The lowest BCUT2D eigenvalue weighted by Crippen LogP contribution is -2.41. The molecule has 0 N–H and O–H groups in total. The minimum Gasteiger partial charge on any atom is -0.454 e. The van der Waals surface area contributed by atoms with Gasteiger partial charge in [-0.3, -0.25) is 9.69 Å². The lowest BCUT2D eigenvalue weighted by molar-refractivity contribution is -0.134. The highest BCUT2D eigenvalue weighted by molar-refractivity contribution is 6.03. The smallest absolute Gasteiger partial charge is 0.257 e. The maximum atomic E-state index is 13.8. The van der Waals surface area contributed by atoms with Crippen LogP contribution in [0.2, 0.25) is 0 Å². The molecule has 2 aromatic carbocycles. The number of hydrazone groups is 1. The highest BCUT2D eigenvalue weighted by Crippen LogP contribution is 2.39. The van der Waals surface area contributed by atoms with E-state index in [1.807, 2.05) is 24.3 Å². The molecule has 7 heteroatoms. The van der Waals surface area contributed by atoms with Gasteiger partial charge in [-0.2, -0.15) is 5.10 Å². The minimum atomic E-state index is -0.313. The van der Waals surface area contributed by atoms with Crippen molar-refractivity contribution in [2.45, 2.75) is 32.2 Å². The number of carbonyl (C=O) groups is 1. The molecular formula is C24H26FN3O3. The van der Waals surface area contributed by atoms with Gasteiger partial charge < -0.3 is 9.47 Å². The van der Waals surface area contributed by atoms with E-state index in [0.29, 0.717) is 41.7 Å². The average Bonchev–Trinajstić information content (AvgIpc) is 3.42. The molecule has 0 aromatic heterocycles. The summed E-state index contributed by atoms with van der Waals surface area (Å²) >= 11 is 0. The molecule has 0 radical (unpaired) electrons. The van der Waals surface area contributed by atoms with Gasteiger partial charge in [0.25, 0.3) is 5.91 Å². The van der Waals surface area contributed by atoms with Gasteiger partial charge in [0, 0.05) is 12.0 Å². The Morgan fingerprint density at radius 1 is 1.13 bits per heavy atom. The second-order valence-corrected chi connectivity index (χ2v) is 8.59. The van der Waals surface area contributed by atoms with Gasteiger partial charge in [0.1, 0.15) is 5.82 Å². The molecule has 0 saturated carbocycles. The van der Waals surface area contributed by atoms with E-state index in [2.05, 4.69) is 16.9 Å². The molecule has 5 rings (SSSR count). The van der Waals surface area contributed by atoms with Crippen molar-refractivity contribution < 1.29 is 18.7 Å². The van der Waals surface area contributed by atoms with Crippen LogP contribution in [0.15, 0.2) is 47.6 Å². The summed E-state index contributed by atoms with van der Waals surface area (Å²) in [6, 6.07) is 11.9. The Bertz CT molecular complexity index is 1020. The largest absolute Gasteiger partial charge is 0.454 e. The minimum absolute atomic E-state index is 0.0383. The summed E-state index contributed by atoms with van der Waals surface area (Å²) in [7, 11) is 0. The van der Waals surface area contributed by atoms with Gasteiger partial charge >= 0.3 is 0 Å². The van der Waals surface area contributed by atoms with Crippen molar-refractivity contribution in [1.29, 1.82) is 0 Å². The van der Waals surface area contributed by atoms with Gasteiger partial charge in [-0.25, -0.2) is 9.40 Å². The molecule has 3 aliphatic rings. The normalized spacial score (nSPS) is 21.4. The van der Waals surface area contributed by atoms with E-state index < -0.39 is 0 Å². The topological polar surface area (TPSA) is 54.4 Å². The predicted octanol–water partition coefficient (Wildman–Crippen LogP) is 3.96. The van der Waals surface area contributed by atoms with E-state index in [-0.39, 0.29) is 24.6 Å². The van der Waals surface area contributed by atoms with Gasteiger partial charge in [-0.1, -0.05) is 25.1 Å². The van der Waals surface area contributed by atoms with Crippen molar-refractivity contribution in [3.05, 3.63) is 59.4 Å². The second-order valence-electron chi connectivity index (χ2n) is 8.59. The fraction of sp³-hybridized carbons (Fsp3) is 0.417. The number of carbonyl (C=O) groups excluding carboxylic acids is 1. The SMILES string of the molecule is CC1CCN(CC(=O)N2N=C(c3cccc(F)c3)CC2c2ccc3c(c2)OCO3)CC1. The summed E-state index contributed by atoms with van der Waals surface area (Å²) in [5.74, 6) is 1.73. The van der Waals surface area contributed by atoms with Crippen LogP contribution in [-0.4, -0.2) is 48.0 Å². The third-order valence-corrected chi connectivity index (χ3v) is 6.34. The molecule has 3 heterocycles. The van der Waals surface area contributed by atoms with Gasteiger partial charge in [0.15, 0.2) is 11.5 Å². The van der Waals surface area contributed by atoms with Crippen molar-refractivity contribution in [1.82, 2.24) is 9.91 Å². The number of piperidine rings is 1. The second kappa shape index (κ2) is 8.30. The molecule has 1 unspecified atom stereocenters. The van der Waals surface area contributed by atoms with E-state index in [1.54, 1.807) is 11.1 Å². The molecule has 31 heavy (non-hydrogen) atoms. The molecular weight excluding hydrogens is 397 g/mol. The van der Waals surface area contributed by atoms with Crippen LogP contribution in [0.5, 0.6) is 11.5 Å². The van der Waals surface area contributed by atoms with Gasteiger partial charge in [-0.05, 0) is 61.7 Å². The first-order chi connectivity index (χ1) is 15.1. The van der Waals surface area contributed by atoms with Crippen molar-refractivity contribution in [3.8, 4) is 11.5 Å². The van der Waals surface area contributed by atoms with Gasteiger partial charge in [0.2, 0.25) is 6.79 Å². The number of hydrogen-bond donors (Lipinski definition) is 0. The molecule has 1 atom stereocenters. The van der Waals surface area contributed by atoms with E-state index in [4.69, 9.17) is 9.47 Å². The van der Waals surface area contributed by atoms with Gasteiger partial charge in [0.05, 0.1) is 18.3 Å². The maximum absolute atomic E-state index is 13.8. The molecule has 1 amide bonds. The van der Waals surface area contributed by atoms with E-state index in [9.17, 15) is 9.18 Å². The summed E-state index contributed by atoms with van der Waals surface area (Å²) < 4.78 is 24.8. The highest BCUT2D eigenvalue weighted by atomic mass is 19.1. The zero-order valence-electron chi connectivity index (χ0n) is 17.6. The van der Waals surface area contributed by atoms with Crippen LogP contribution in [0.25, 0.3) is 0 Å². The van der Waals surface area contributed by atoms with Crippen molar-refractivity contribution in [2.75, 3.05) is 26.4 Å². The molecule has 6 nitrogen and oxygen atoms in total. The Hall–Kier alpha value is -2.93. The summed E-state index contributed by atoms with van der Waals surface area (Å²) in [5.41, 5.74) is 2.34. The van der Waals surface area contributed by atoms with Gasteiger partial charge in [-0.15, -0.1) is 0 Å². The van der Waals surface area contributed by atoms with E-state index in [1.165, 1.54) is 12.1 Å². The zero-order chi connectivity index (χ0) is 21.4. The first-order valence-electron chi connectivity index (χ1n) is 10.8. The van der Waals surface area contributed by atoms with Crippen molar-refractivity contribution >= 4 is 11.6 Å². The first kappa shape index (κ1) is 20.0. The number of nitrogens with zero attached hydrogens (tertiary/aromatic N) is 3. The zero-order valence-corrected chi connectivity index (χ0v) is 17.6. The van der Waals surface area contributed by atoms with Crippen LogP contribution in [0.1, 0.15) is 43.4 Å². The molecule has 162 valence electrons. The standard InChI is InChI=1S/C24H26FN3O3/c1-16-7-9-27(10-8-16)14-24(29)28-21(18-5-6-22-23(12-18)31-15-30-22)13-20(26-28)17-3-2-4-19(25)11-17/h2-6,11-12,16,21H,7-10,13-15H2,1H3. The lowest BCUT2D eigenvalue weighted by atomic mass is 9.97. The summed E-state index contributed by atoms with van der Waals surface area (Å²) in [5, 5.41) is 6.25. The Kier molecular flexibility index (Phi) is 5.36. The fourth-order valence-corrected chi connectivity index (χ4v) is 4.45. The van der Waals surface area contributed by atoms with Crippen molar-refractivity contribution in [3.63, 3.8) is 0 Å². The van der Waals surface area contributed by atoms with Crippen LogP contribution >= 0.6 is 0 Å². The maximum Gasteiger partial charge on any atom is 0.257 e. The predicted molar refractivity (Wildman–Crippen MR) is 115 cm³/mol. The summed E-state index contributed by atoms with van der Waals surface area (Å²) in [4.78, 5) is 15.5. The third-order valence-electron chi connectivity index (χ3n) is 6.34. The number of likely N-dealkylation sites (tertiary alicyclic amines) is 1. The van der Waals surface area contributed by atoms with Crippen LogP contribution in [0, 0.1) is 11.7 Å². The van der Waals surface area contributed by atoms with Crippen LogP contribution in [0.3, 0.4) is 0 Å². The molecule has 0 spiro atoms. The number of fused-ring (bicyclic) bond motifs is 1. The molecule has 0 bridgehead atoms. The molecule has 1 fully saturated rings. The lowest BCUT2D eigenvalue weighted by Gasteiger charge is -2.31. The number of benzene rings is 2. The third kappa shape index (κ3) is 4.14. The Morgan fingerprint density at radius 2 is 1.94 bits per heavy atom. The Balaban J connectivity index is 1.42. The average molecular weight is 423 g/mol. The summed E-state index contributed by atoms with van der Waals surface area (Å²) in [6.45, 7) is 4.65. The quantitative estimate of drug-likeness (QED) is 0.747. The van der Waals surface area contributed by atoms with E-state index >= 15 is 0 Å². The fourth-order valence-electron chi connectivity index (χ4n) is 4.45. The number of halogens is 1. The van der Waals surface area contributed by atoms with E-state index in [0.717, 1.165) is 31.5 Å². The van der Waals surface area contributed by atoms with Crippen LogP contribution in [0.4, 0.5) is 4.39 Å². The number of amides is 1.